The lowest BCUT2D eigenvalue weighted by molar-refractivity contribution is -0.268. The molecule has 1 amide bonds. The summed E-state index contributed by atoms with van der Waals surface area (Å²) in [6, 6.07) is 3.25. The molecular weight excluding hydrogens is 287 g/mol. The molecule has 22 heavy (non-hydrogen) atoms. The van der Waals surface area contributed by atoms with Crippen LogP contribution in [0.5, 0.6) is 5.75 Å². The van der Waals surface area contributed by atoms with Crippen molar-refractivity contribution in [3.63, 3.8) is 0 Å². The van der Waals surface area contributed by atoms with E-state index in [4.69, 9.17) is 0 Å². The van der Waals surface area contributed by atoms with Crippen LogP contribution < -0.4 is 10.4 Å². The van der Waals surface area contributed by atoms with E-state index in [1.165, 1.54) is 18.3 Å². The summed E-state index contributed by atoms with van der Waals surface area (Å²) in [5, 5.41) is 23.4. The summed E-state index contributed by atoms with van der Waals surface area (Å²) < 4.78 is 14.6. The van der Waals surface area contributed by atoms with E-state index in [-0.39, 0.29) is 5.69 Å². The van der Waals surface area contributed by atoms with Crippen LogP contribution in [0.2, 0.25) is 0 Å². The molecule has 1 heterocycles. The molecule has 2 N–H and O–H groups in total. The lowest BCUT2D eigenvalue weighted by atomic mass is 9.87. The van der Waals surface area contributed by atoms with Gasteiger partial charge in [0.2, 0.25) is 0 Å². The molecular formula is C16H16FN2O3-. The molecule has 0 bridgehead atoms. The zero-order valence-electron chi connectivity index (χ0n) is 12.1. The molecule has 3 rings (SSSR count). The quantitative estimate of drug-likeness (QED) is 0.836. The molecule has 116 valence electrons. The Morgan fingerprint density at radius 2 is 2.27 bits per heavy atom. The molecule has 0 saturated carbocycles. The fourth-order valence-corrected chi connectivity index (χ4v) is 2.87. The highest BCUT2D eigenvalue weighted by Crippen LogP contribution is 2.29. The monoisotopic (exact) mass is 303 g/mol. The molecule has 1 aliphatic rings. The third-order valence-electron chi connectivity index (χ3n) is 4.06. The fourth-order valence-electron chi connectivity index (χ4n) is 2.87. The van der Waals surface area contributed by atoms with Gasteiger partial charge in [-0.1, -0.05) is 13.0 Å². The first-order valence-electron chi connectivity index (χ1n) is 7.16. The zero-order valence-corrected chi connectivity index (χ0v) is 12.1. The van der Waals surface area contributed by atoms with E-state index in [2.05, 4.69) is 12.2 Å². The number of nitrogens with zero attached hydrogens (tertiary/aromatic N) is 1. The summed E-state index contributed by atoms with van der Waals surface area (Å²) in [6.07, 6.45) is 3.71. The minimum absolute atomic E-state index is 0.0479. The third-order valence-corrected chi connectivity index (χ3v) is 4.06. The van der Waals surface area contributed by atoms with Gasteiger partial charge < -0.3 is 15.6 Å². The summed E-state index contributed by atoms with van der Waals surface area (Å²) in [7, 11) is 0. The number of benzene rings is 1. The third kappa shape index (κ3) is 2.52. The smallest absolute Gasteiger partial charge is 0.257 e. The molecule has 0 saturated heterocycles. The number of aromatic nitrogens is 1. The zero-order chi connectivity index (χ0) is 15.9. The first kappa shape index (κ1) is 14.4. The van der Waals surface area contributed by atoms with Crippen LogP contribution >= 0.6 is 0 Å². The molecule has 0 radical (unpaired) electrons. The number of carbonyl (C=O) groups is 1. The summed E-state index contributed by atoms with van der Waals surface area (Å²) in [4.78, 5) is 12.3. The molecule has 0 aliphatic heterocycles. The number of rotatable bonds is 2. The number of amides is 1. The van der Waals surface area contributed by atoms with Gasteiger partial charge in [0, 0.05) is 0 Å². The van der Waals surface area contributed by atoms with Crippen molar-refractivity contribution in [3.05, 3.63) is 47.0 Å². The molecule has 5 nitrogen and oxygen atoms in total. The Labute approximate surface area is 127 Å². The summed E-state index contributed by atoms with van der Waals surface area (Å²) in [6.45, 7) is 2.09. The standard InChI is InChI=1S/C16H17FN2O3/c1-9-2-4-11-12(8-19(22)15(11)6-9)16(21)18-14-5-3-10(20)7-13(14)17/h3,5,7-9,20,22H,2,4,6H2,1H3,(H,18,21)/p-1. The largest absolute Gasteiger partial charge is 0.872 e. The Morgan fingerprint density at radius 1 is 1.50 bits per heavy atom. The van der Waals surface area contributed by atoms with E-state index in [1.807, 2.05) is 0 Å². The molecule has 6 heteroatoms. The van der Waals surface area contributed by atoms with Gasteiger partial charge in [-0.05, 0) is 42.9 Å². The minimum Gasteiger partial charge on any atom is -0.872 e. The van der Waals surface area contributed by atoms with E-state index in [0.29, 0.717) is 24.3 Å². The van der Waals surface area contributed by atoms with E-state index < -0.39 is 17.5 Å². The van der Waals surface area contributed by atoms with Gasteiger partial charge in [0.25, 0.3) is 5.91 Å². The second kappa shape index (κ2) is 5.36. The van der Waals surface area contributed by atoms with Crippen LogP contribution in [0.4, 0.5) is 10.1 Å². The van der Waals surface area contributed by atoms with Gasteiger partial charge >= 0.3 is 0 Å². The van der Waals surface area contributed by atoms with E-state index in [1.54, 1.807) is 0 Å². The summed E-state index contributed by atoms with van der Waals surface area (Å²) in [5.41, 5.74) is 1.83. The number of hydrogen-bond acceptors (Lipinski definition) is 3. The molecule has 0 spiro atoms. The minimum atomic E-state index is -0.772. The Hall–Kier alpha value is -2.50. The first-order chi connectivity index (χ1) is 10.5. The van der Waals surface area contributed by atoms with Crippen molar-refractivity contribution in [2.24, 2.45) is 5.92 Å². The van der Waals surface area contributed by atoms with Gasteiger partial charge in [0.1, 0.15) is 5.82 Å². The van der Waals surface area contributed by atoms with Crippen molar-refractivity contribution in [1.82, 2.24) is 4.73 Å². The van der Waals surface area contributed by atoms with E-state index in [9.17, 15) is 19.5 Å². The van der Waals surface area contributed by atoms with Crippen LogP contribution in [-0.4, -0.2) is 15.8 Å². The maximum Gasteiger partial charge on any atom is 0.257 e. The van der Waals surface area contributed by atoms with Gasteiger partial charge in [-0.2, -0.15) is 4.73 Å². The number of halogens is 1. The number of hydrogen-bond donors (Lipinski definition) is 2. The van der Waals surface area contributed by atoms with Gasteiger partial charge in [-0.25, -0.2) is 4.39 Å². The van der Waals surface area contributed by atoms with E-state index >= 15 is 0 Å². The molecule has 1 atom stereocenters. The molecule has 1 aromatic heterocycles. The van der Waals surface area contributed by atoms with Gasteiger partial charge in [-0.3, -0.25) is 4.79 Å². The highest BCUT2D eigenvalue weighted by atomic mass is 19.1. The maximum absolute atomic E-state index is 13.7. The Bertz CT molecular complexity index is 739. The molecule has 2 aromatic rings. The average molecular weight is 303 g/mol. The Morgan fingerprint density at radius 3 is 3.00 bits per heavy atom. The lowest BCUT2D eigenvalue weighted by Gasteiger charge is -2.19. The van der Waals surface area contributed by atoms with Crippen molar-refractivity contribution in [3.8, 4) is 5.75 Å². The van der Waals surface area contributed by atoms with Crippen LogP contribution in [0, 0.1) is 11.7 Å². The van der Waals surface area contributed by atoms with Crippen molar-refractivity contribution in [2.45, 2.75) is 26.2 Å². The van der Waals surface area contributed by atoms with Crippen molar-refractivity contribution in [2.75, 3.05) is 5.32 Å². The van der Waals surface area contributed by atoms with Crippen LogP contribution in [0.15, 0.2) is 24.4 Å². The van der Waals surface area contributed by atoms with Gasteiger partial charge in [0.15, 0.2) is 0 Å². The van der Waals surface area contributed by atoms with Crippen molar-refractivity contribution < 1.29 is 19.5 Å². The Kier molecular flexibility index (Phi) is 3.52. The highest BCUT2D eigenvalue weighted by Gasteiger charge is 2.26. The SMILES string of the molecule is CC1CCc2c(C(=O)Nc3ccc([O-])cc3F)cn(O)c2C1. The molecule has 0 fully saturated rings. The summed E-state index contributed by atoms with van der Waals surface area (Å²) in [5.74, 6) is -1.27. The Balaban J connectivity index is 1.88. The van der Waals surface area contributed by atoms with Gasteiger partial charge in [-0.15, -0.1) is 5.75 Å². The fraction of sp³-hybridized carbons (Fsp3) is 0.312. The predicted octanol–water partition coefficient (Wildman–Crippen LogP) is 2.32. The predicted molar refractivity (Wildman–Crippen MR) is 76.6 cm³/mol. The molecule has 1 unspecified atom stereocenters. The lowest BCUT2D eigenvalue weighted by Crippen LogP contribution is -2.17. The number of fused-ring (bicyclic) bond motifs is 1. The maximum atomic E-state index is 13.7. The first-order valence-corrected chi connectivity index (χ1v) is 7.16. The molecule has 1 aromatic carbocycles. The number of carbonyl (C=O) groups excluding carboxylic acids is 1. The van der Waals surface area contributed by atoms with Crippen molar-refractivity contribution in [1.29, 1.82) is 0 Å². The van der Waals surface area contributed by atoms with Crippen LogP contribution in [0.1, 0.15) is 35.0 Å². The second-order valence-electron chi connectivity index (χ2n) is 5.76. The van der Waals surface area contributed by atoms with E-state index in [0.717, 1.165) is 28.5 Å². The van der Waals surface area contributed by atoms with Crippen molar-refractivity contribution >= 4 is 11.6 Å². The normalized spacial score (nSPS) is 17.1. The second-order valence-corrected chi connectivity index (χ2v) is 5.76. The molecule has 1 aliphatic carbocycles. The summed E-state index contributed by atoms with van der Waals surface area (Å²) >= 11 is 0. The topological polar surface area (TPSA) is 77.3 Å². The van der Waals surface area contributed by atoms with Gasteiger partial charge in [0.05, 0.1) is 23.1 Å². The number of nitrogens with one attached hydrogen (secondary N) is 1. The van der Waals surface area contributed by atoms with Crippen LogP contribution in [0.25, 0.3) is 0 Å². The average Bonchev–Trinajstić information content (AvgIpc) is 2.79. The van der Waals surface area contributed by atoms with Crippen LogP contribution in [-0.2, 0) is 12.8 Å². The van der Waals surface area contributed by atoms with Crippen LogP contribution in [0.3, 0.4) is 0 Å². The number of anilines is 1. The highest BCUT2D eigenvalue weighted by molar-refractivity contribution is 6.05.